The standard InChI is InChI=1S/C11H12F3NO2/c1-5-6(2)15(4)7(3)8(5)9(16)10(17)11(12,13)14/h1-4H3. The molecule has 0 aliphatic carbocycles. The normalized spacial score (nSPS) is 11.7. The van der Waals surface area contributed by atoms with Crippen LogP contribution in [-0.4, -0.2) is 22.3 Å². The van der Waals surface area contributed by atoms with Gasteiger partial charge >= 0.3 is 12.0 Å². The number of carbonyl (C=O) groups is 2. The van der Waals surface area contributed by atoms with Crippen LogP contribution in [0.3, 0.4) is 0 Å². The Kier molecular flexibility index (Phi) is 3.18. The number of hydrogen-bond donors (Lipinski definition) is 0. The van der Waals surface area contributed by atoms with E-state index in [0.29, 0.717) is 17.0 Å². The monoisotopic (exact) mass is 247 g/mol. The van der Waals surface area contributed by atoms with Crippen molar-refractivity contribution in [2.45, 2.75) is 26.9 Å². The van der Waals surface area contributed by atoms with E-state index in [9.17, 15) is 22.8 Å². The van der Waals surface area contributed by atoms with E-state index in [1.54, 1.807) is 18.5 Å². The van der Waals surface area contributed by atoms with E-state index in [1.165, 1.54) is 13.8 Å². The average Bonchev–Trinajstić information content (AvgIpc) is 2.40. The number of rotatable bonds is 2. The SMILES string of the molecule is Cc1c(C(=O)C(=O)C(F)(F)F)c(C)n(C)c1C. The van der Waals surface area contributed by atoms with Gasteiger partial charge in [0.25, 0.3) is 0 Å². The fourth-order valence-corrected chi connectivity index (χ4v) is 1.70. The van der Waals surface area contributed by atoms with E-state index in [2.05, 4.69) is 0 Å². The first kappa shape index (κ1) is 13.5. The molecule has 94 valence electrons. The number of nitrogens with zero attached hydrogens (tertiary/aromatic N) is 1. The Balaban J connectivity index is 3.33. The minimum Gasteiger partial charge on any atom is -0.351 e. The van der Waals surface area contributed by atoms with Crippen LogP contribution in [0.4, 0.5) is 13.2 Å². The summed E-state index contributed by atoms with van der Waals surface area (Å²) in [7, 11) is 1.63. The predicted molar refractivity (Wildman–Crippen MR) is 55.0 cm³/mol. The van der Waals surface area contributed by atoms with Gasteiger partial charge in [0.15, 0.2) is 0 Å². The number of alkyl halides is 3. The lowest BCUT2D eigenvalue weighted by Gasteiger charge is -2.05. The van der Waals surface area contributed by atoms with E-state index in [4.69, 9.17) is 0 Å². The summed E-state index contributed by atoms with van der Waals surface area (Å²) in [5, 5.41) is 0. The summed E-state index contributed by atoms with van der Waals surface area (Å²) in [5.74, 6) is -3.81. The highest BCUT2D eigenvalue weighted by atomic mass is 19.4. The van der Waals surface area contributed by atoms with Gasteiger partial charge in [-0.2, -0.15) is 13.2 Å². The summed E-state index contributed by atoms with van der Waals surface area (Å²) >= 11 is 0. The van der Waals surface area contributed by atoms with Gasteiger partial charge in [0.05, 0.1) is 0 Å². The van der Waals surface area contributed by atoms with Crippen molar-refractivity contribution in [1.29, 1.82) is 0 Å². The zero-order chi connectivity index (χ0) is 13.5. The molecule has 1 aromatic rings. The number of ketones is 2. The van der Waals surface area contributed by atoms with Gasteiger partial charge in [-0.15, -0.1) is 0 Å². The maximum atomic E-state index is 12.2. The number of Topliss-reactive ketones (excluding diaryl/α,β-unsaturated/α-hetero) is 2. The van der Waals surface area contributed by atoms with E-state index in [-0.39, 0.29) is 5.56 Å². The molecule has 0 bridgehead atoms. The average molecular weight is 247 g/mol. The van der Waals surface area contributed by atoms with Crippen LogP contribution in [0.5, 0.6) is 0 Å². The highest BCUT2D eigenvalue weighted by molar-refractivity contribution is 6.46. The molecule has 0 aliphatic rings. The molecule has 1 heterocycles. The summed E-state index contributed by atoms with van der Waals surface area (Å²) in [4.78, 5) is 22.4. The van der Waals surface area contributed by atoms with Crippen molar-refractivity contribution in [1.82, 2.24) is 4.57 Å². The van der Waals surface area contributed by atoms with Crippen LogP contribution in [0.2, 0.25) is 0 Å². The van der Waals surface area contributed by atoms with Crippen LogP contribution in [0.1, 0.15) is 27.3 Å². The number of aromatic nitrogens is 1. The largest absolute Gasteiger partial charge is 0.458 e. The smallest absolute Gasteiger partial charge is 0.351 e. The summed E-state index contributed by atoms with van der Waals surface area (Å²) in [6.07, 6.45) is -5.13. The highest BCUT2D eigenvalue weighted by Crippen LogP contribution is 2.25. The van der Waals surface area contributed by atoms with E-state index < -0.39 is 17.7 Å². The molecular weight excluding hydrogens is 235 g/mol. The topological polar surface area (TPSA) is 39.1 Å². The first-order valence-electron chi connectivity index (χ1n) is 4.87. The lowest BCUT2D eigenvalue weighted by Crippen LogP contribution is -2.31. The molecule has 0 amide bonds. The third-order valence-electron chi connectivity index (χ3n) is 2.98. The maximum absolute atomic E-state index is 12.2. The van der Waals surface area contributed by atoms with E-state index >= 15 is 0 Å². The quantitative estimate of drug-likeness (QED) is 0.594. The van der Waals surface area contributed by atoms with Gasteiger partial charge in [0.1, 0.15) is 0 Å². The minimum atomic E-state index is -5.13. The Morgan fingerprint density at radius 3 is 1.82 bits per heavy atom. The number of carbonyl (C=O) groups excluding carboxylic acids is 2. The lowest BCUT2D eigenvalue weighted by atomic mass is 10.0. The molecule has 0 atom stereocenters. The molecule has 0 aliphatic heterocycles. The Labute approximate surface area is 96.2 Å². The predicted octanol–water partition coefficient (Wildman–Crippen LogP) is 2.26. The second-order valence-corrected chi connectivity index (χ2v) is 3.89. The molecular formula is C11H12F3NO2. The second kappa shape index (κ2) is 4.01. The van der Waals surface area contributed by atoms with Gasteiger partial charge in [-0.1, -0.05) is 0 Å². The van der Waals surface area contributed by atoms with Crippen LogP contribution < -0.4 is 0 Å². The molecule has 0 aromatic carbocycles. The molecule has 0 spiro atoms. The van der Waals surface area contributed by atoms with Gasteiger partial charge in [0.2, 0.25) is 5.78 Å². The van der Waals surface area contributed by atoms with Crippen molar-refractivity contribution in [3.63, 3.8) is 0 Å². The Morgan fingerprint density at radius 1 is 1.06 bits per heavy atom. The summed E-state index contributed by atoms with van der Waals surface area (Å²) in [6.45, 7) is 4.72. The van der Waals surface area contributed by atoms with Crippen molar-refractivity contribution in [3.05, 3.63) is 22.5 Å². The van der Waals surface area contributed by atoms with Gasteiger partial charge in [-0.05, 0) is 26.3 Å². The third-order valence-corrected chi connectivity index (χ3v) is 2.98. The van der Waals surface area contributed by atoms with Crippen LogP contribution in [0.15, 0.2) is 0 Å². The Hall–Kier alpha value is -1.59. The van der Waals surface area contributed by atoms with Crippen molar-refractivity contribution < 1.29 is 22.8 Å². The van der Waals surface area contributed by atoms with Crippen molar-refractivity contribution in [2.75, 3.05) is 0 Å². The van der Waals surface area contributed by atoms with Gasteiger partial charge in [-0.25, -0.2) is 0 Å². The zero-order valence-electron chi connectivity index (χ0n) is 9.90. The molecule has 6 heteroatoms. The minimum absolute atomic E-state index is 0.146. The van der Waals surface area contributed by atoms with Gasteiger partial charge in [0, 0.05) is 24.0 Å². The molecule has 0 fully saturated rings. The fraction of sp³-hybridized carbons (Fsp3) is 0.455. The van der Waals surface area contributed by atoms with Crippen LogP contribution in [0, 0.1) is 20.8 Å². The van der Waals surface area contributed by atoms with Gasteiger partial charge in [-0.3, -0.25) is 9.59 Å². The molecule has 17 heavy (non-hydrogen) atoms. The Morgan fingerprint density at radius 2 is 1.53 bits per heavy atom. The van der Waals surface area contributed by atoms with Crippen LogP contribution in [0.25, 0.3) is 0 Å². The molecule has 0 N–H and O–H groups in total. The molecule has 1 aromatic heterocycles. The van der Waals surface area contributed by atoms with Crippen LogP contribution in [-0.2, 0) is 11.8 Å². The van der Waals surface area contributed by atoms with Crippen molar-refractivity contribution >= 4 is 11.6 Å². The summed E-state index contributed by atoms with van der Waals surface area (Å²) in [5.41, 5.74) is 1.29. The summed E-state index contributed by atoms with van der Waals surface area (Å²) < 4.78 is 38.1. The second-order valence-electron chi connectivity index (χ2n) is 3.89. The summed E-state index contributed by atoms with van der Waals surface area (Å²) in [6, 6.07) is 0. The first-order chi connectivity index (χ1) is 7.59. The fourth-order valence-electron chi connectivity index (χ4n) is 1.70. The highest BCUT2D eigenvalue weighted by Gasteiger charge is 2.44. The van der Waals surface area contributed by atoms with Crippen LogP contribution >= 0.6 is 0 Å². The Bertz CT molecular complexity index is 472. The van der Waals surface area contributed by atoms with Crippen molar-refractivity contribution in [3.8, 4) is 0 Å². The van der Waals surface area contributed by atoms with Crippen molar-refractivity contribution in [2.24, 2.45) is 7.05 Å². The lowest BCUT2D eigenvalue weighted by molar-refractivity contribution is -0.165. The first-order valence-corrected chi connectivity index (χ1v) is 4.87. The van der Waals surface area contributed by atoms with Gasteiger partial charge < -0.3 is 4.57 Å². The third kappa shape index (κ3) is 2.11. The molecule has 0 radical (unpaired) electrons. The number of hydrogen-bond acceptors (Lipinski definition) is 2. The molecule has 0 unspecified atom stereocenters. The molecule has 0 saturated heterocycles. The molecule has 0 saturated carbocycles. The van der Waals surface area contributed by atoms with E-state index in [1.807, 2.05) is 0 Å². The molecule has 3 nitrogen and oxygen atoms in total. The molecule has 1 rings (SSSR count). The van der Waals surface area contributed by atoms with E-state index in [0.717, 1.165) is 0 Å². The number of halogens is 3. The zero-order valence-corrected chi connectivity index (χ0v) is 9.90. The maximum Gasteiger partial charge on any atom is 0.458 e.